The molecule has 0 saturated carbocycles. The highest BCUT2D eigenvalue weighted by atomic mass is 32.1. The Morgan fingerprint density at radius 2 is 1.64 bits per heavy atom. The molecular weight excluding hydrogens is 528 g/mol. The van der Waals surface area contributed by atoms with Crippen LogP contribution < -0.4 is 4.90 Å². The molecule has 2 aromatic carbocycles. The number of hydrogen-bond acceptors (Lipinski definition) is 7. The van der Waals surface area contributed by atoms with Gasteiger partial charge in [0.1, 0.15) is 12.6 Å². The number of allylic oxidation sites excluding steroid dienone is 1. The lowest BCUT2D eigenvalue weighted by molar-refractivity contribution is -0.438. The lowest BCUT2D eigenvalue weighted by Crippen LogP contribution is -2.29. The van der Waals surface area contributed by atoms with Crippen molar-refractivity contribution >= 4 is 54.4 Å². The second-order valence-corrected chi connectivity index (χ2v) is 11.2. The SMILES string of the molecule is CC1(C)C(/C=C/c2ccc(N(CCO)CCO)cc2)=[N+](CCCC(=O)OC(CCS)CCS)c2ccccc21. The predicted molar refractivity (Wildman–Crippen MR) is 167 cm³/mol. The van der Waals surface area contributed by atoms with Crippen LogP contribution in [0.25, 0.3) is 6.08 Å². The van der Waals surface area contributed by atoms with Crippen LogP contribution in [0.15, 0.2) is 54.6 Å². The van der Waals surface area contributed by atoms with Crippen molar-refractivity contribution in [2.24, 2.45) is 0 Å². The van der Waals surface area contributed by atoms with Gasteiger partial charge in [-0.1, -0.05) is 30.3 Å². The van der Waals surface area contributed by atoms with Crippen molar-refractivity contribution in [1.82, 2.24) is 0 Å². The molecule has 0 saturated heterocycles. The molecule has 0 radical (unpaired) electrons. The van der Waals surface area contributed by atoms with E-state index in [0.29, 0.717) is 37.4 Å². The standard InChI is InChI=1S/C31H42N2O4S2/c1-31(2)27-6-3-4-7-28(27)33(17-5-8-30(36)37-26(15-22-38)16-23-39)29(31)14-11-24-9-12-25(13-10-24)32(18-20-34)19-21-35/h3-4,6-7,9-14,26,34-35H,5,8,15-23H2,1-2H3,(H-,38,39)/p+1. The van der Waals surface area contributed by atoms with E-state index in [1.54, 1.807) is 0 Å². The number of hydrogen-bond donors (Lipinski definition) is 4. The highest BCUT2D eigenvalue weighted by Crippen LogP contribution is 2.40. The van der Waals surface area contributed by atoms with Crippen LogP contribution in [0.5, 0.6) is 0 Å². The van der Waals surface area contributed by atoms with Gasteiger partial charge < -0.3 is 19.8 Å². The molecule has 0 aromatic heterocycles. The van der Waals surface area contributed by atoms with Crippen LogP contribution in [0.2, 0.25) is 0 Å². The second kappa shape index (κ2) is 15.5. The molecule has 212 valence electrons. The number of thiol groups is 2. The summed E-state index contributed by atoms with van der Waals surface area (Å²) in [6.07, 6.45) is 6.73. The molecule has 0 atom stereocenters. The normalized spacial score (nSPS) is 14.3. The van der Waals surface area contributed by atoms with Crippen molar-refractivity contribution in [3.05, 3.63) is 65.7 Å². The quantitative estimate of drug-likeness (QED) is 0.131. The highest BCUT2D eigenvalue weighted by molar-refractivity contribution is 7.80. The third-order valence-electron chi connectivity index (χ3n) is 7.19. The van der Waals surface area contributed by atoms with E-state index in [2.05, 4.69) is 92.2 Å². The molecular formula is C31H43N2O4S2+. The van der Waals surface area contributed by atoms with Gasteiger partial charge in [-0.15, -0.1) is 0 Å². The highest BCUT2D eigenvalue weighted by Gasteiger charge is 2.43. The first kappa shape index (κ1) is 31.3. The molecule has 1 heterocycles. The van der Waals surface area contributed by atoms with Gasteiger partial charge in [0.05, 0.1) is 25.0 Å². The maximum atomic E-state index is 12.6. The van der Waals surface area contributed by atoms with E-state index in [1.165, 1.54) is 17.0 Å². The summed E-state index contributed by atoms with van der Waals surface area (Å²) < 4.78 is 8.02. The number of nitrogens with zero attached hydrogens (tertiary/aromatic N) is 2. The molecule has 2 N–H and O–H groups in total. The monoisotopic (exact) mass is 571 g/mol. The Kier molecular flexibility index (Phi) is 12.4. The van der Waals surface area contributed by atoms with E-state index >= 15 is 0 Å². The summed E-state index contributed by atoms with van der Waals surface area (Å²) in [7, 11) is 0. The van der Waals surface area contributed by atoms with E-state index in [0.717, 1.165) is 30.6 Å². The molecule has 0 amide bonds. The first-order valence-corrected chi connectivity index (χ1v) is 15.0. The van der Waals surface area contributed by atoms with Crippen molar-refractivity contribution in [1.29, 1.82) is 0 Å². The van der Waals surface area contributed by atoms with E-state index in [9.17, 15) is 15.0 Å². The van der Waals surface area contributed by atoms with E-state index < -0.39 is 0 Å². The van der Waals surface area contributed by atoms with Crippen LogP contribution in [-0.4, -0.2) is 76.9 Å². The lowest BCUT2D eigenvalue weighted by Gasteiger charge is -2.22. The zero-order valence-corrected chi connectivity index (χ0v) is 24.9. The zero-order valence-electron chi connectivity index (χ0n) is 23.1. The first-order chi connectivity index (χ1) is 18.8. The molecule has 39 heavy (non-hydrogen) atoms. The molecule has 0 unspecified atom stereocenters. The number of aliphatic hydroxyl groups excluding tert-OH is 2. The van der Waals surface area contributed by atoms with Gasteiger partial charge in [-0.25, -0.2) is 0 Å². The Morgan fingerprint density at radius 3 is 2.26 bits per heavy atom. The Balaban J connectivity index is 1.77. The van der Waals surface area contributed by atoms with Crippen molar-refractivity contribution in [3.8, 4) is 0 Å². The molecule has 0 aliphatic carbocycles. The van der Waals surface area contributed by atoms with Crippen LogP contribution in [0.4, 0.5) is 11.4 Å². The smallest absolute Gasteiger partial charge is 0.306 e. The van der Waals surface area contributed by atoms with Gasteiger partial charge in [0.25, 0.3) is 0 Å². The molecule has 1 aliphatic rings. The van der Waals surface area contributed by atoms with Crippen molar-refractivity contribution < 1.29 is 24.3 Å². The van der Waals surface area contributed by atoms with Gasteiger partial charge in [0.2, 0.25) is 5.69 Å². The Bertz CT molecular complexity index is 1120. The summed E-state index contributed by atoms with van der Waals surface area (Å²) in [6.45, 7) is 6.23. The predicted octanol–water partition coefficient (Wildman–Crippen LogP) is 4.90. The zero-order chi connectivity index (χ0) is 28.3. The number of esters is 1. The van der Waals surface area contributed by atoms with Gasteiger partial charge >= 0.3 is 5.97 Å². The minimum absolute atomic E-state index is 0.0368. The molecule has 1 aliphatic heterocycles. The molecule has 3 rings (SSSR count). The van der Waals surface area contributed by atoms with Crippen LogP contribution in [0.1, 0.15) is 50.7 Å². The van der Waals surface area contributed by atoms with Gasteiger partial charge in [-0.05, 0) is 62.0 Å². The molecule has 0 fully saturated rings. The van der Waals surface area contributed by atoms with Crippen LogP contribution in [0, 0.1) is 0 Å². The Labute approximate surface area is 244 Å². The fraction of sp³-hybridized carbons (Fsp3) is 0.484. The number of rotatable bonds is 16. The summed E-state index contributed by atoms with van der Waals surface area (Å²) in [5.74, 6) is 1.20. The number of aliphatic hydroxyl groups is 2. The van der Waals surface area contributed by atoms with Crippen molar-refractivity contribution in [3.63, 3.8) is 0 Å². The van der Waals surface area contributed by atoms with E-state index in [1.807, 2.05) is 17.0 Å². The van der Waals surface area contributed by atoms with Crippen molar-refractivity contribution in [2.45, 2.75) is 51.0 Å². The number of fused-ring (bicyclic) bond motifs is 1. The Hall–Kier alpha value is -2.26. The maximum Gasteiger partial charge on any atom is 0.306 e. The van der Waals surface area contributed by atoms with Crippen LogP contribution >= 0.6 is 25.3 Å². The third-order valence-corrected chi connectivity index (χ3v) is 7.71. The summed E-state index contributed by atoms with van der Waals surface area (Å²) in [4.78, 5) is 14.5. The average Bonchev–Trinajstić information content (AvgIpc) is 3.13. The first-order valence-electron chi connectivity index (χ1n) is 13.8. The minimum atomic E-state index is -0.184. The number of ether oxygens (including phenoxy) is 1. The number of carbonyl (C=O) groups excluding carboxylic acids is 1. The van der Waals surface area contributed by atoms with Crippen molar-refractivity contribution in [2.75, 3.05) is 49.3 Å². The average molecular weight is 572 g/mol. The minimum Gasteiger partial charge on any atom is -0.462 e. The fourth-order valence-electron chi connectivity index (χ4n) is 5.14. The van der Waals surface area contributed by atoms with Gasteiger partial charge in [0, 0.05) is 42.9 Å². The molecule has 2 aromatic rings. The summed E-state index contributed by atoms with van der Waals surface area (Å²) >= 11 is 8.56. The molecule has 6 nitrogen and oxygen atoms in total. The van der Waals surface area contributed by atoms with Crippen LogP contribution in [0.3, 0.4) is 0 Å². The number of benzene rings is 2. The molecule has 0 spiro atoms. The number of carbonyl (C=O) groups is 1. The molecule has 8 heteroatoms. The molecule has 0 bridgehead atoms. The van der Waals surface area contributed by atoms with E-state index in [-0.39, 0.29) is 30.7 Å². The largest absolute Gasteiger partial charge is 0.462 e. The summed E-state index contributed by atoms with van der Waals surface area (Å²) in [5.41, 5.74) is 5.49. The lowest BCUT2D eigenvalue weighted by atomic mass is 9.81. The number of para-hydroxylation sites is 1. The van der Waals surface area contributed by atoms with E-state index in [4.69, 9.17) is 4.74 Å². The van der Waals surface area contributed by atoms with Gasteiger partial charge in [-0.3, -0.25) is 4.79 Å². The summed E-state index contributed by atoms with van der Waals surface area (Å²) in [6, 6.07) is 16.6. The Morgan fingerprint density at radius 1 is 1.00 bits per heavy atom. The number of anilines is 1. The topological polar surface area (TPSA) is 73.0 Å². The maximum absolute atomic E-state index is 12.6. The van der Waals surface area contributed by atoms with Gasteiger partial charge in [-0.2, -0.15) is 29.8 Å². The third kappa shape index (κ3) is 8.37. The second-order valence-electron chi connectivity index (χ2n) is 10.3. The fourth-order valence-corrected chi connectivity index (χ4v) is 5.72. The van der Waals surface area contributed by atoms with Crippen LogP contribution in [-0.2, 0) is 14.9 Å². The summed E-state index contributed by atoms with van der Waals surface area (Å²) in [5, 5.41) is 18.7. The van der Waals surface area contributed by atoms with Gasteiger partial charge in [0.15, 0.2) is 5.71 Å².